The zero-order chi connectivity index (χ0) is 13.3. The van der Waals surface area contributed by atoms with Crippen LogP contribution in [0.3, 0.4) is 0 Å². The molecule has 1 saturated carbocycles. The SMILES string of the molecule is C#CCn1c(C2CC2)nc(C(C)CC(C)C)c1N. The Morgan fingerprint density at radius 3 is 2.61 bits per heavy atom. The van der Waals surface area contributed by atoms with E-state index in [2.05, 4.69) is 26.7 Å². The third kappa shape index (κ3) is 2.53. The summed E-state index contributed by atoms with van der Waals surface area (Å²) in [6.45, 7) is 7.20. The first-order chi connectivity index (χ1) is 8.54. The van der Waals surface area contributed by atoms with Crippen LogP contribution in [-0.2, 0) is 6.54 Å². The Bertz CT molecular complexity index is 461. The van der Waals surface area contributed by atoms with Crippen LogP contribution in [0.5, 0.6) is 0 Å². The van der Waals surface area contributed by atoms with E-state index in [0.29, 0.717) is 24.3 Å². The van der Waals surface area contributed by atoms with Gasteiger partial charge in [-0.25, -0.2) is 4.98 Å². The van der Waals surface area contributed by atoms with Crippen molar-refractivity contribution in [3.05, 3.63) is 11.5 Å². The molecule has 3 heteroatoms. The number of terminal acetylenes is 1. The molecule has 1 aliphatic rings. The number of imidazole rings is 1. The number of nitrogen functional groups attached to an aromatic ring is 1. The van der Waals surface area contributed by atoms with E-state index in [4.69, 9.17) is 17.1 Å². The lowest BCUT2D eigenvalue weighted by Gasteiger charge is -2.12. The number of anilines is 1. The van der Waals surface area contributed by atoms with Crippen molar-refractivity contribution in [1.82, 2.24) is 9.55 Å². The van der Waals surface area contributed by atoms with Crippen LogP contribution in [-0.4, -0.2) is 9.55 Å². The lowest BCUT2D eigenvalue weighted by Crippen LogP contribution is -2.07. The molecule has 1 heterocycles. The Balaban J connectivity index is 2.30. The van der Waals surface area contributed by atoms with Gasteiger partial charge >= 0.3 is 0 Å². The minimum atomic E-state index is 0.404. The first-order valence-electron chi connectivity index (χ1n) is 6.83. The predicted octanol–water partition coefficient (Wildman–Crippen LogP) is 3.13. The van der Waals surface area contributed by atoms with E-state index >= 15 is 0 Å². The van der Waals surface area contributed by atoms with Crippen LogP contribution in [0.25, 0.3) is 0 Å². The van der Waals surface area contributed by atoms with Crippen molar-refractivity contribution in [2.75, 3.05) is 5.73 Å². The monoisotopic (exact) mass is 245 g/mol. The maximum Gasteiger partial charge on any atom is 0.127 e. The average molecular weight is 245 g/mol. The Morgan fingerprint density at radius 1 is 1.44 bits per heavy atom. The third-order valence-electron chi connectivity index (χ3n) is 3.55. The van der Waals surface area contributed by atoms with Gasteiger partial charge in [0.25, 0.3) is 0 Å². The van der Waals surface area contributed by atoms with E-state index < -0.39 is 0 Å². The molecule has 1 aromatic rings. The van der Waals surface area contributed by atoms with Crippen molar-refractivity contribution < 1.29 is 0 Å². The molecule has 0 radical (unpaired) electrons. The first-order valence-corrected chi connectivity index (χ1v) is 6.83. The van der Waals surface area contributed by atoms with Gasteiger partial charge in [-0.05, 0) is 25.2 Å². The number of hydrogen-bond acceptors (Lipinski definition) is 2. The molecule has 1 aromatic heterocycles. The van der Waals surface area contributed by atoms with Gasteiger partial charge < -0.3 is 10.3 Å². The number of aromatic nitrogens is 2. The Labute approximate surface area is 110 Å². The van der Waals surface area contributed by atoms with E-state index in [0.717, 1.165) is 23.8 Å². The molecule has 0 aliphatic heterocycles. The highest BCUT2D eigenvalue weighted by Gasteiger charge is 2.31. The maximum absolute atomic E-state index is 6.24. The highest BCUT2D eigenvalue weighted by atomic mass is 15.1. The van der Waals surface area contributed by atoms with Gasteiger partial charge in [-0.1, -0.05) is 26.7 Å². The molecule has 0 aromatic carbocycles. The van der Waals surface area contributed by atoms with Crippen LogP contribution in [0.15, 0.2) is 0 Å². The van der Waals surface area contributed by atoms with Crippen LogP contribution in [0.2, 0.25) is 0 Å². The number of rotatable bonds is 5. The minimum Gasteiger partial charge on any atom is -0.384 e. The predicted molar refractivity (Wildman–Crippen MR) is 75.3 cm³/mol. The highest BCUT2D eigenvalue weighted by molar-refractivity contribution is 5.42. The Hall–Kier alpha value is -1.43. The molecule has 3 nitrogen and oxygen atoms in total. The maximum atomic E-state index is 6.24. The molecule has 2 N–H and O–H groups in total. The van der Waals surface area contributed by atoms with Gasteiger partial charge in [0.1, 0.15) is 11.6 Å². The summed E-state index contributed by atoms with van der Waals surface area (Å²) in [7, 11) is 0. The van der Waals surface area contributed by atoms with Gasteiger partial charge in [-0.15, -0.1) is 6.42 Å². The van der Waals surface area contributed by atoms with Crippen molar-refractivity contribution in [2.24, 2.45) is 5.92 Å². The highest BCUT2D eigenvalue weighted by Crippen LogP contribution is 2.42. The second-order valence-electron chi connectivity index (χ2n) is 5.84. The molecule has 1 fully saturated rings. The molecular formula is C15H23N3. The van der Waals surface area contributed by atoms with Crippen molar-refractivity contribution >= 4 is 5.82 Å². The fraction of sp³-hybridized carbons (Fsp3) is 0.667. The van der Waals surface area contributed by atoms with Gasteiger partial charge in [-0.3, -0.25) is 0 Å². The topological polar surface area (TPSA) is 43.8 Å². The van der Waals surface area contributed by atoms with Crippen LogP contribution < -0.4 is 5.73 Å². The Kier molecular flexibility index (Phi) is 3.65. The van der Waals surface area contributed by atoms with Crippen LogP contribution in [0.1, 0.15) is 63.4 Å². The molecule has 1 unspecified atom stereocenters. The normalized spacial score (nSPS) is 16.8. The standard InChI is InChI=1S/C15H23N3/c1-5-8-18-14(16)13(11(4)9-10(2)3)17-15(18)12-6-7-12/h1,10-12H,6-9,16H2,2-4H3. The molecule has 0 spiro atoms. The fourth-order valence-corrected chi connectivity index (χ4v) is 2.59. The molecule has 18 heavy (non-hydrogen) atoms. The lowest BCUT2D eigenvalue weighted by molar-refractivity contribution is 0.518. The second kappa shape index (κ2) is 5.06. The molecule has 0 bridgehead atoms. The van der Waals surface area contributed by atoms with Crippen LogP contribution >= 0.6 is 0 Å². The Morgan fingerprint density at radius 2 is 2.11 bits per heavy atom. The van der Waals surface area contributed by atoms with E-state index in [1.165, 1.54) is 12.8 Å². The second-order valence-corrected chi connectivity index (χ2v) is 5.84. The van der Waals surface area contributed by atoms with Crippen molar-refractivity contribution in [2.45, 2.75) is 58.4 Å². The lowest BCUT2D eigenvalue weighted by atomic mass is 9.96. The van der Waals surface area contributed by atoms with E-state index in [1.807, 2.05) is 4.57 Å². The number of nitrogens with zero attached hydrogens (tertiary/aromatic N) is 2. The van der Waals surface area contributed by atoms with Crippen LogP contribution in [0, 0.1) is 18.3 Å². The molecular weight excluding hydrogens is 222 g/mol. The summed E-state index contributed by atoms with van der Waals surface area (Å²) >= 11 is 0. The van der Waals surface area contributed by atoms with Gasteiger partial charge in [0, 0.05) is 11.8 Å². The number of hydrogen-bond donors (Lipinski definition) is 1. The molecule has 1 atom stereocenters. The van der Waals surface area contributed by atoms with Crippen LogP contribution in [0.4, 0.5) is 5.82 Å². The smallest absolute Gasteiger partial charge is 0.127 e. The summed E-state index contributed by atoms with van der Waals surface area (Å²) in [4.78, 5) is 4.79. The minimum absolute atomic E-state index is 0.404. The third-order valence-corrected chi connectivity index (χ3v) is 3.55. The summed E-state index contributed by atoms with van der Waals surface area (Å²) in [6.07, 6.45) is 8.99. The van der Waals surface area contributed by atoms with Gasteiger partial charge in [0.05, 0.1) is 12.2 Å². The molecule has 0 amide bonds. The molecule has 98 valence electrons. The van der Waals surface area contributed by atoms with E-state index in [1.54, 1.807) is 0 Å². The first kappa shape index (κ1) is 13.0. The fourth-order valence-electron chi connectivity index (χ4n) is 2.59. The summed E-state index contributed by atoms with van der Waals surface area (Å²) in [5, 5.41) is 0. The quantitative estimate of drug-likeness (QED) is 0.810. The van der Waals surface area contributed by atoms with Gasteiger partial charge in [0.15, 0.2) is 0 Å². The van der Waals surface area contributed by atoms with Crippen molar-refractivity contribution in [1.29, 1.82) is 0 Å². The summed E-state index contributed by atoms with van der Waals surface area (Å²) in [5.74, 6) is 6.21. The van der Waals surface area contributed by atoms with E-state index in [-0.39, 0.29) is 0 Å². The van der Waals surface area contributed by atoms with Gasteiger partial charge in [0.2, 0.25) is 0 Å². The summed E-state index contributed by atoms with van der Waals surface area (Å²) < 4.78 is 2.03. The number of nitrogens with two attached hydrogens (primary N) is 1. The summed E-state index contributed by atoms with van der Waals surface area (Å²) in [5.41, 5.74) is 7.28. The molecule has 1 aliphatic carbocycles. The van der Waals surface area contributed by atoms with Gasteiger partial charge in [-0.2, -0.15) is 0 Å². The molecule has 0 saturated heterocycles. The zero-order valence-corrected chi connectivity index (χ0v) is 11.6. The largest absolute Gasteiger partial charge is 0.384 e. The summed E-state index contributed by atoms with van der Waals surface area (Å²) in [6, 6.07) is 0. The molecule has 2 rings (SSSR count). The van der Waals surface area contributed by atoms with Crippen molar-refractivity contribution in [3.8, 4) is 12.3 Å². The average Bonchev–Trinajstić information content (AvgIpc) is 3.06. The van der Waals surface area contributed by atoms with Crippen molar-refractivity contribution in [3.63, 3.8) is 0 Å². The zero-order valence-electron chi connectivity index (χ0n) is 11.6. The van der Waals surface area contributed by atoms with E-state index in [9.17, 15) is 0 Å².